The quantitative estimate of drug-likeness (QED) is 0.718. The van der Waals surface area contributed by atoms with Crippen molar-refractivity contribution >= 4 is 27.4 Å². The van der Waals surface area contributed by atoms with Gasteiger partial charge in [-0.3, -0.25) is 0 Å². The highest BCUT2D eigenvalue weighted by molar-refractivity contribution is 7.71. The number of hydrogen-bond donors (Lipinski definition) is 2. The van der Waals surface area contributed by atoms with Crippen LogP contribution in [0.25, 0.3) is 0 Å². The Morgan fingerprint density at radius 1 is 1.44 bits per heavy atom. The number of rotatable bonds is 5. The first-order valence-electron chi connectivity index (χ1n) is 4.21. The lowest BCUT2D eigenvalue weighted by Crippen LogP contribution is -2.10. The van der Waals surface area contributed by atoms with Crippen LogP contribution in [0.2, 0.25) is 0 Å². The molecule has 16 heavy (non-hydrogen) atoms. The van der Waals surface area contributed by atoms with E-state index in [-0.39, 0.29) is 5.75 Å². The Morgan fingerprint density at radius 3 is 2.75 bits per heavy atom. The van der Waals surface area contributed by atoms with Crippen molar-refractivity contribution in [3.63, 3.8) is 0 Å². The van der Waals surface area contributed by atoms with Crippen molar-refractivity contribution < 1.29 is 23.1 Å². The molecule has 0 aliphatic heterocycles. The minimum absolute atomic E-state index is 0.270. The third kappa shape index (κ3) is 4.01. The van der Waals surface area contributed by atoms with Crippen molar-refractivity contribution in [1.29, 1.82) is 0 Å². The number of ether oxygens (including phenoxy) is 1. The van der Waals surface area contributed by atoms with Gasteiger partial charge in [0.15, 0.2) is 6.61 Å². The topological polar surface area (TPSA) is 92.7 Å². The molecule has 0 aliphatic rings. The smallest absolute Gasteiger partial charge is 0.341 e. The van der Waals surface area contributed by atoms with E-state index in [1.165, 1.54) is 6.07 Å². The number of benzene rings is 1. The second-order valence-electron chi connectivity index (χ2n) is 2.70. The third-order valence-electron chi connectivity index (χ3n) is 1.55. The van der Waals surface area contributed by atoms with E-state index in [4.69, 9.17) is 9.84 Å². The fourth-order valence-electron chi connectivity index (χ4n) is 0.963. The van der Waals surface area contributed by atoms with Crippen LogP contribution >= 0.6 is 0 Å². The molecule has 7 heteroatoms. The maximum absolute atomic E-state index is 10.3. The molecule has 0 atom stereocenters. The summed E-state index contributed by atoms with van der Waals surface area (Å²) in [6.07, 6.45) is 0. The summed E-state index contributed by atoms with van der Waals surface area (Å²) in [7, 11) is -2.35. The molecule has 0 bridgehead atoms. The second kappa shape index (κ2) is 5.76. The van der Waals surface area contributed by atoms with Crippen LogP contribution in [0, 0.1) is 0 Å². The molecule has 1 aromatic rings. The molecule has 1 rings (SSSR count). The van der Waals surface area contributed by atoms with Gasteiger partial charge in [-0.25, -0.2) is 4.79 Å². The molecule has 2 N–H and O–H groups in total. The van der Waals surface area contributed by atoms with Crippen LogP contribution in [0.5, 0.6) is 5.75 Å². The first-order valence-corrected chi connectivity index (χ1v) is 5.35. The normalized spacial score (nSPS) is 9.25. The average Bonchev–Trinajstić information content (AvgIpc) is 2.24. The lowest BCUT2D eigenvalue weighted by atomic mass is 10.3. The monoisotopic (exact) mass is 243 g/mol. The first-order chi connectivity index (χ1) is 7.59. The molecule has 0 saturated carbocycles. The van der Waals surface area contributed by atoms with E-state index >= 15 is 0 Å². The minimum Gasteiger partial charge on any atom is -0.480 e. The van der Waals surface area contributed by atoms with E-state index in [1.807, 2.05) is 0 Å². The lowest BCUT2D eigenvalue weighted by Gasteiger charge is -2.08. The van der Waals surface area contributed by atoms with Crippen LogP contribution in [0.1, 0.15) is 0 Å². The summed E-state index contributed by atoms with van der Waals surface area (Å²) in [5.41, 5.74) is 1.22. The predicted molar refractivity (Wildman–Crippen MR) is 58.2 cm³/mol. The summed E-state index contributed by atoms with van der Waals surface area (Å²) >= 11 is 0. The number of aliphatic carboxylic acids is 1. The van der Waals surface area contributed by atoms with Crippen LogP contribution in [0.3, 0.4) is 0 Å². The zero-order chi connectivity index (χ0) is 12.0. The molecule has 0 fully saturated rings. The summed E-state index contributed by atoms with van der Waals surface area (Å²) < 4.78 is 25.5. The Morgan fingerprint density at radius 2 is 2.12 bits per heavy atom. The van der Waals surface area contributed by atoms with Crippen LogP contribution in [-0.2, 0) is 15.1 Å². The number of carbonyl (C=O) groups is 1. The van der Waals surface area contributed by atoms with Gasteiger partial charge in [0.25, 0.3) is 0 Å². The maximum atomic E-state index is 10.3. The molecule has 0 unspecified atom stereocenters. The summed E-state index contributed by atoms with van der Waals surface area (Å²) in [6, 6.07) is 6.42. The SMILES string of the molecule is O=C(O)COc1ccccc1NC=S(=O)=O. The zero-order valence-corrected chi connectivity index (χ0v) is 8.90. The van der Waals surface area contributed by atoms with Gasteiger partial charge in [0.1, 0.15) is 11.2 Å². The molecule has 0 saturated heterocycles. The van der Waals surface area contributed by atoms with Crippen molar-refractivity contribution in [2.75, 3.05) is 11.9 Å². The highest BCUT2D eigenvalue weighted by atomic mass is 32.2. The van der Waals surface area contributed by atoms with Crippen molar-refractivity contribution in [3.8, 4) is 5.75 Å². The van der Waals surface area contributed by atoms with Crippen molar-refractivity contribution in [2.24, 2.45) is 0 Å². The molecular weight excluding hydrogens is 234 g/mol. The zero-order valence-electron chi connectivity index (χ0n) is 8.08. The Bertz CT molecular complexity index is 500. The van der Waals surface area contributed by atoms with Gasteiger partial charge in [-0.1, -0.05) is 12.1 Å². The van der Waals surface area contributed by atoms with Crippen molar-refractivity contribution in [3.05, 3.63) is 24.3 Å². The Balaban J connectivity index is 2.82. The highest BCUT2D eigenvalue weighted by Crippen LogP contribution is 2.22. The van der Waals surface area contributed by atoms with Gasteiger partial charge in [0, 0.05) is 0 Å². The number of carboxylic acid groups (broad SMARTS) is 1. The summed E-state index contributed by atoms with van der Waals surface area (Å²) in [6.45, 7) is -0.487. The second-order valence-corrected chi connectivity index (χ2v) is 3.46. The molecule has 1 aromatic carbocycles. The van der Waals surface area contributed by atoms with Gasteiger partial charge in [0.05, 0.1) is 5.69 Å². The molecule has 0 spiro atoms. The lowest BCUT2D eigenvalue weighted by molar-refractivity contribution is -0.139. The number of hydrogen-bond acceptors (Lipinski definition) is 4. The van der Waals surface area contributed by atoms with Gasteiger partial charge in [-0.15, -0.1) is 0 Å². The van der Waals surface area contributed by atoms with Crippen LogP contribution in [0.4, 0.5) is 5.69 Å². The van der Waals surface area contributed by atoms with E-state index < -0.39 is 22.9 Å². The van der Waals surface area contributed by atoms with Gasteiger partial charge in [-0.2, -0.15) is 8.42 Å². The fourth-order valence-corrected chi connectivity index (χ4v) is 1.19. The summed E-state index contributed by atoms with van der Waals surface area (Å²) in [5.74, 6) is -0.835. The van der Waals surface area contributed by atoms with Gasteiger partial charge in [-0.05, 0) is 12.1 Å². The molecule has 0 aromatic heterocycles. The van der Waals surface area contributed by atoms with Crippen LogP contribution in [0.15, 0.2) is 24.3 Å². The largest absolute Gasteiger partial charge is 0.480 e. The van der Waals surface area contributed by atoms with Gasteiger partial charge in [0.2, 0.25) is 10.3 Å². The minimum atomic E-state index is -2.35. The van der Waals surface area contributed by atoms with E-state index in [0.717, 1.165) is 5.49 Å². The van der Waals surface area contributed by atoms with E-state index in [0.29, 0.717) is 5.69 Å². The maximum Gasteiger partial charge on any atom is 0.341 e. The molecule has 0 amide bonds. The van der Waals surface area contributed by atoms with Gasteiger partial charge < -0.3 is 15.2 Å². The average molecular weight is 243 g/mol. The standard InChI is InChI=1S/C9H9NO5S/c11-9(12)5-15-8-4-2-1-3-7(8)10-6-16(13)14/h1-4,6,10H,5H2,(H,11,12). The molecule has 6 nitrogen and oxygen atoms in total. The fraction of sp³-hybridized carbons (Fsp3) is 0.111. The Hall–Kier alpha value is -2.02. The molecular formula is C9H9NO5S. The number of para-hydroxylation sites is 2. The molecule has 0 radical (unpaired) electrons. The first kappa shape index (κ1) is 12.1. The van der Waals surface area contributed by atoms with Gasteiger partial charge >= 0.3 is 5.97 Å². The summed E-state index contributed by atoms with van der Waals surface area (Å²) in [5, 5.41) is 10.9. The number of carboxylic acids is 1. The number of nitrogens with one attached hydrogen (secondary N) is 1. The van der Waals surface area contributed by atoms with Crippen LogP contribution in [-0.4, -0.2) is 31.6 Å². The predicted octanol–water partition coefficient (Wildman–Crippen LogP) is 0.201. The van der Waals surface area contributed by atoms with E-state index in [1.54, 1.807) is 18.2 Å². The molecule has 0 heterocycles. The number of anilines is 1. The molecule has 86 valence electrons. The Labute approximate surface area is 93.0 Å². The van der Waals surface area contributed by atoms with Crippen molar-refractivity contribution in [1.82, 2.24) is 0 Å². The van der Waals surface area contributed by atoms with Crippen LogP contribution < -0.4 is 10.1 Å². The Kier molecular flexibility index (Phi) is 4.34. The summed E-state index contributed by atoms with van der Waals surface area (Å²) in [4.78, 5) is 10.3. The van der Waals surface area contributed by atoms with Crippen molar-refractivity contribution in [2.45, 2.75) is 0 Å². The highest BCUT2D eigenvalue weighted by Gasteiger charge is 2.03. The third-order valence-corrected chi connectivity index (χ3v) is 1.86. The van der Waals surface area contributed by atoms with E-state index in [9.17, 15) is 13.2 Å². The van der Waals surface area contributed by atoms with E-state index in [2.05, 4.69) is 5.32 Å². The molecule has 0 aliphatic carbocycles.